The molecule has 3 rings (SSSR count). The van der Waals surface area contributed by atoms with Crippen molar-refractivity contribution < 1.29 is 23.5 Å². The number of carbonyl (C=O) groups is 1. The van der Waals surface area contributed by atoms with Gasteiger partial charge in [0.25, 0.3) is 5.89 Å². The van der Waals surface area contributed by atoms with Gasteiger partial charge in [0.15, 0.2) is 6.61 Å². The smallest absolute Gasteiger partial charge is 0.314 e. The molecule has 7 nitrogen and oxygen atoms in total. The molecule has 0 unspecified atom stereocenters. The zero-order chi connectivity index (χ0) is 21.5. The van der Waals surface area contributed by atoms with E-state index in [1.54, 1.807) is 32.4 Å². The van der Waals surface area contributed by atoms with E-state index in [2.05, 4.69) is 17.1 Å². The Morgan fingerprint density at radius 2 is 1.87 bits per heavy atom. The summed E-state index contributed by atoms with van der Waals surface area (Å²) in [6, 6.07) is 15.0. The van der Waals surface area contributed by atoms with Crippen LogP contribution >= 0.6 is 0 Å². The Morgan fingerprint density at radius 3 is 2.53 bits per heavy atom. The van der Waals surface area contributed by atoms with Crippen LogP contribution in [0.15, 0.2) is 53.1 Å². The zero-order valence-electron chi connectivity index (χ0n) is 17.6. The Balaban J connectivity index is 1.72. The van der Waals surface area contributed by atoms with E-state index in [0.717, 1.165) is 12.0 Å². The molecule has 0 saturated heterocycles. The first-order chi connectivity index (χ1) is 14.6. The molecule has 30 heavy (non-hydrogen) atoms. The molecule has 0 N–H and O–H groups in total. The van der Waals surface area contributed by atoms with Crippen LogP contribution in [-0.4, -0.2) is 30.3 Å². The third kappa shape index (κ3) is 4.79. The van der Waals surface area contributed by atoms with Crippen molar-refractivity contribution >= 4 is 5.97 Å². The van der Waals surface area contributed by atoms with Crippen molar-refractivity contribution in [3.8, 4) is 22.9 Å². The van der Waals surface area contributed by atoms with Gasteiger partial charge >= 0.3 is 5.97 Å². The van der Waals surface area contributed by atoms with E-state index in [9.17, 15) is 4.79 Å². The van der Waals surface area contributed by atoms with E-state index in [0.29, 0.717) is 22.9 Å². The molecule has 158 valence electrons. The average molecular weight is 410 g/mol. The van der Waals surface area contributed by atoms with Crippen LogP contribution in [0.25, 0.3) is 11.4 Å². The number of esters is 1. The van der Waals surface area contributed by atoms with E-state index >= 15 is 0 Å². The topological polar surface area (TPSA) is 83.7 Å². The summed E-state index contributed by atoms with van der Waals surface area (Å²) in [5.41, 5.74) is 1.59. The summed E-state index contributed by atoms with van der Waals surface area (Å²) in [7, 11) is 3.14. The maximum Gasteiger partial charge on any atom is 0.314 e. The fraction of sp³-hybridized carbons (Fsp3) is 0.348. The molecular formula is C23H26N2O5. The highest BCUT2D eigenvalue weighted by atomic mass is 16.6. The molecular weight excluding hydrogens is 384 g/mol. The van der Waals surface area contributed by atoms with Crippen molar-refractivity contribution in [2.45, 2.75) is 32.8 Å². The van der Waals surface area contributed by atoms with Crippen molar-refractivity contribution in [1.29, 1.82) is 0 Å². The summed E-state index contributed by atoms with van der Waals surface area (Å²) in [5.74, 6) is 1.26. The molecule has 0 bridgehead atoms. The molecule has 3 aromatic rings. The van der Waals surface area contributed by atoms with Crippen LogP contribution in [0.1, 0.15) is 37.6 Å². The number of benzene rings is 2. The number of methoxy groups -OCH3 is 2. The third-order valence-electron chi connectivity index (χ3n) is 5.08. The summed E-state index contributed by atoms with van der Waals surface area (Å²) in [6.45, 7) is 4.00. The van der Waals surface area contributed by atoms with Crippen LogP contribution in [0.5, 0.6) is 11.5 Å². The van der Waals surface area contributed by atoms with Crippen LogP contribution in [0.3, 0.4) is 0 Å². The highest BCUT2D eigenvalue weighted by Gasteiger charge is 2.28. The highest BCUT2D eigenvalue weighted by Crippen LogP contribution is 2.32. The number of hydrogen-bond donors (Lipinski definition) is 0. The normalized spacial score (nSPS) is 12.8. The molecule has 0 amide bonds. The Labute approximate surface area is 176 Å². The lowest BCUT2D eigenvalue weighted by molar-refractivity contribution is -0.149. The lowest BCUT2D eigenvalue weighted by atomic mass is 9.86. The number of ether oxygens (including phenoxy) is 3. The second-order valence-electron chi connectivity index (χ2n) is 6.96. The first-order valence-corrected chi connectivity index (χ1v) is 9.83. The maximum absolute atomic E-state index is 12.8. The van der Waals surface area contributed by atoms with E-state index in [4.69, 9.17) is 18.7 Å². The van der Waals surface area contributed by atoms with Crippen molar-refractivity contribution in [2.24, 2.45) is 5.92 Å². The van der Waals surface area contributed by atoms with Gasteiger partial charge in [-0.15, -0.1) is 0 Å². The van der Waals surface area contributed by atoms with Crippen LogP contribution in [0.4, 0.5) is 0 Å². The first kappa shape index (κ1) is 21.4. The van der Waals surface area contributed by atoms with Gasteiger partial charge in [0.05, 0.1) is 25.7 Å². The summed E-state index contributed by atoms with van der Waals surface area (Å²) >= 11 is 0. The SMILES string of the molecule is CC[C@@H](C)[C@H](C(=O)OCc1nc(-c2ccc(OC)cc2OC)no1)c1ccccc1. The van der Waals surface area contributed by atoms with Crippen LogP contribution < -0.4 is 9.47 Å². The van der Waals surface area contributed by atoms with Crippen molar-refractivity contribution in [2.75, 3.05) is 14.2 Å². The van der Waals surface area contributed by atoms with Gasteiger partial charge in [-0.05, 0) is 23.6 Å². The lowest BCUT2D eigenvalue weighted by Gasteiger charge is -2.21. The van der Waals surface area contributed by atoms with Gasteiger partial charge in [-0.3, -0.25) is 4.79 Å². The van der Waals surface area contributed by atoms with Gasteiger partial charge in [-0.25, -0.2) is 0 Å². The summed E-state index contributed by atoms with van der Waals surface area (Å²) < 4.78 is 21.4. The van der Waals surface area contributed by atoms with E-state index in [1.807, 2.05) is 37.3 Å². The number of hydrogen-bond acceptors (Lipinski definition) is 7. The van der Waals surface area contributed by atoms with Gasteiger partial charge in [0.2, 0.25) is 5.82 Å². The van der Waals surface area contributed by atoms with E-state index in [-0.39, 0.29) is 30.3 Å². The quantitative estimate of drug-likeness (QED) is 0.476. The fourth-order valence-electron chi connectivity index (χ4n) is 3.22. The third-order valence-corrected chi connectivity index (χ3v) is 5.08. The summed E-state index contributed by atoms with van der Waals surface area (Å²) in [6.07, 6.45) is 0.858. The highest BCUT2D eigenvalue weighted by molar-refractivity contribution is 5.78. The second-order valence-corrected chi connectivity index (χ2v) is 6.96. The van der Waals surface area contributed by atoms with Crippen molar-refractivity contribution in [1.82, 2.24) is 10.1 Å². The molecule has 0 saturated carbocycles. The van der Waals surface area contributed by atoms with Crippen LogP contribution in [0, 0.1) is 5.92 Å². The van der Waals surface area contributed by atoms with Crippen molar-refractivity contribution in [3.05, 3.63) is 60.0 Å². The molecule has 1 heterocycles. The fourth-order valence-corrected chi connectivity index (χ4v) is 3.22. The first-order valence-electron chi connectivity index (χ1n) is 9.83. The standard InChI is InChI=1S/C23H26N2O5/c1-5-15(2)21(16-9-7-6-8-10-16)23(26)29-14-20-24-22(25-30-20)18-12-11-17(27-3)13-19(18)28-4/h6-13,15,21H,5,14H2,1-4H3/t15-,21+/m1/s1. The monoisotopic (exact) mass is 410 g/mol. The van der Waals surface area contributed by atoms with Gasteiger partial charge in [0, 0.05) is 6.07 Å². The predicted molar refractivity (Wildman–Crippen MR) is 111 cm³/mol. The minimum atomic E-state index is -0.347. The zero-order valence-corrected chi connectivity index (χ0v) is 17.6. The van der Waals surface area contributed by atoms with Crippen LogP contribution in [0.2, 0.25) is 0 Å². The predicted octanol–water partition coefficient (Wildman–Crippen LogP) is 4.63. The molecule has 0 spiro atoms. The minimum absolute atomic E-state index is 0.0932. The Kier molecular flexibility index (Phi) is 7.06. The number of aromatic nitrogens is 2. The lowest BCUT2D eigenvalue weighted by Crippen LogP contribution is -2.22. The second kappa shape index (κ2) is 9.91. The summed E-state index contributed by atoms with van der Waals surface area (Å²) in [4.78, 5) is 17.2. The number of rotatable bonds is 9. The molecule has 0 aliphatic heterocycles. The van der Waals surface area contributed by atoms with E-state index in [1.165, 1.54) is 0 Å². The maximum atomic E-state index is 12.8. The Bertz CT molecular complexity index is 971. The average Bonchev–Trinajstić information content (AvgIpc) is 3.26. The molecule has 0 aliphatic rings. The molecule has 2 atom stereocenters. The molecule has 7 heteroatoms. The number of nitrogens with zero attached hydrogens (tertiary/aromatic N) is 2. The van der Waals surface area contributed by atoms with Crippen LogP contribution in [-0.2, 0) is 16.1 Å². The number of carbonyl (C=O) groups excluding carboxylic acids is 1. The van der Waals surface area contributed by atoms with E-state index < -0.39 is 0 Å². The Hall–Kier alpha value is -3.35. The Morgan fingerprint density at radius 1 is 1.10 bits per heavy atom. The molecule has 0 fully saturated rings. The largest absolute Gasteiger partial charge is 0.497 e. The molecule has 1 aromatic heterocycles. The van der Waals surface area contributed by atoms with Gasteiger partial charge in [-0.2, -0.15) is 4.98 Å². The summed E-state index contributed by atoms with van der Waals surface area (Å²) in [5, 5.41) is 3.98. The molecule has 0 aliphatic carbocycles. The van der Waals surface area contributed by atoms with Gasteiger partial charge in [0.1, 0.15) is 11.5 Å². The van der Waals surface area contributed by atoms with Gasteiger partial charge in [-0.1, -0.05) is 55.8 Å². The van der Waals surface area contributed by atoms with Gasteiger partial charge < -0.3 is 18.7 Å². The molecule has 2 aromatic carbocycles. The van der Waals surface area contributed by atoms with Crippen molar-refractivity contribution in [3.63, 3.8) is 0 Å². The minimum Gasteiger partial charge on any atom is -0.497 e. The molecule has 0 radical (unpaired) electrons.